The zero-order chi connectivity index (χ0) is 38.2. The molecular weight excluding hydrogens is 705 g/mol. The Bertz CT molecular complexity index is 3560. The molecule has 270 valence electrons. The summed E-state index contributed by atoms with van der Waals surface area (Å²) >= 11 is 0. The number of hydrogen-bond donors (Lipinski definition) is 0. The molecule has 0 saturated carbocycles. The van der Waals surface area contributed by atoms with E-state index in [9.17, 15) is 0 Å². The van der Waals surface area contributed by atoms with Gasteiger partial charge < -0.3 is 9.13 Å². The van der Waals surface area contributed by atoms with E-state index in [1.54, 1.807) is 0 Å². The molecule has 4 heteroatoms. The Morgan fingerprint density at radius 3 is 1.57 bits per heavy atom. The Balaban J connectivity index is 1.14. The van der Waals surface area contributed by atoms with Gasteiger partial charge in [-0.05, 0) is 76.8 Å². The molecule has 0 unspecified atom stereocenters. The second-order valence-corrected chi connectivity index (χ2v) is 15.0. The highest BCUT2D eigenvalue weighted by atomic mass is 15.0. The third-order valence-corrected chi connectivity index (χ3v) is 11.7. The molecule has 0 bridgehead atoms. The van der Waals surface area contributed by atoms with Gasteiger partial charge >= 0.3 is 0 Å². The summed E-state index contributed by atoms with van der Waals surface area (Å²) in [6, 6.07) is 73.8. The van der Waals surface area contributed by atoms with E-state index in [2.05, 4.69) is 209 Å². The highest BCUT2D eigenvalue weighted by Crippen LogP contribution is 2.44. The first-order chi connectivity index (χ1) is 28.8. The molecule has 0 spiro atoms. The van der Waals surface area contributed by atoms with Crippen molar-refractivity contribution in [3.8, 4) is 45.3 Å². The highest BCUT2D eigenvalue weighted by molar-refractivity contribution is 6.29. The van der Waals surface area contributed by atoms with Crippen LogP contribution in [0.5, 0.6) is 0 Å². The minimum atomic E-state index is 0.700. The normalized spacial score (nSPS) is 11.8. The smallest absolute Gasteiger partial charge is 0.160 e. The topological polar surface area (TPSA) is 35.6 Å². The number of fused-ring (bicyclic) bond motifs is 9. The monoisotopic (exact) mass is 738 g/mol. The van der Waals surface area contributed by atoms with Gasteiger partial charge in [-0.2, -0.15) is 0 Å². The van der Waals surface area contributed by atoms with Crippen molar-refractivity contribution in [3.63, 3.8) is 0 Å². The van der Waals surface area contributed by atoms with Crippen molar-refractivity contribution in [1.82, 2.24) is 19.1 Å². The lowest BCUT2D eigenvalue weighted by Gasteiger charge is -2.15. The number of aromatic nitrogens is 4. The van der Waals surface area contributed by atoms with Crippen LogP contribution in [0.2, 0.25) is 0 Å². The largest absolute Gasteiger partial charge is 0.309 e. The molecule has 0 aliphatic rings. The number of rotatable bonds is 5. The van der Waals surface area contributed by atoms with E-state index in [0.29, 0.717) is 5.82 Å². The maximum absolute atomic E-state index is 5.34. The van der Waals surface area contributed by atoms with Crippen molar-refractivity contribution in [2.24, 2.45) is 0 Å². The molecule has 3 aromatic heterocycles. The van der Waals surface area contributed by atoms with E-state index >= 15 is 0 Å². The van der Waals surface area contributed by atoms with Crippen LogP contribution >= 0.6 is 0 Å². The second-order valence-electron chi connectivity index (χ2n) is 15.0. The number of benzene rings is 9. The Kier molecular flexibility index (Phi) is 7.20. The average Bonchev–Trinajstić information content (AvgIpc) is 3.82. The number of para-hydroxylation sites is 3. The van der Waals surface area contributed by atoms with Crippen LogP contribution in [0.25, 0.3) is 110 Å². The minimum Gasteiger partial charge on any atom is -0.309 e. The number of hydrogen-bond acceptors (Lipinski definition) is 2. The fourth-order valence-corrected chi connectivity index (χ4v) is 9.07. The maximum Gasteiger partial charge on any atom is 0.160 e. The molecule has 0 aliphatic heterocycles. The van der Waals surface area contributed by atoms with Gasteiger partial charge in [0.2, 0.25) is 0 Å². The van der Waals surface area contributed by atoms with Gasteiger partial charge in [-0.25, -0.2) is 9.97 Å². The van der Waals surface area contributed by atoms with Gasteiger partial charge in [-0.15, -0.1) is 0 Å². The van der Waals surface area contributed by atoms with Crippen LogP contribution in [0, 0.1) is 0 Å². The maximum atomic E-state index is 5.34. The van der Waals surface area contributed by atoms with Gasteiger partial charge in [0.05, 0.1) is 39.1 Å². The summed E-state index contributed by atoms with van der Waals surface area (Å²) in [6.07, 6.45) is 0. The molecule has 0 saturated heterocycles. The van der Waals surface area contributed by atoms with Crippen molar-refractivity contribution in [2.75, 3.05) is 0 Å². The van der Waals surface area contributed by atoms with Crippen LogP contribution in [0.3, 0.4) is 0 Å². The highest BCUT2D eigenvalue weighted by Gasteiger charge is 2.22. The summed E-state index contributed by atoms with van der Waals surface area (Å²) in [6.45, 7) is 0. The Morgan fingerprint density at radius 1 is 0.310 bits per heavy atom. The predicted octanol–water partition coefficient (Wildman–Crippen LogP) is 14.0. The standard InChI is InChI=1S/C54H34N4/c1-3-16-36(17-4-1)45-34-46(56-54(55-45)39-28-27-35-15-7-8-18-37(35)31-39)40-32-38-19-9-10-22-42(38)51(33-40)58-48-26-14-12-24-44(48)53-50(58)30-29-49-52(53)43-23-11-13-25-47(43)57(49)41-20-5-2-6-21-41/h1-34H. The molecule has 0 aliphatic carbocycles. The summed E-state index contributed by atoms with van der Waals surface area (Å²) in [7, 11) is 0. The molecule has 9 aromatic carbocycles. The van der Waals surface area contributed by atoms with Crippen LogP contribution in [0.1, 0.15) is 0 Å². The summed E-state index contributed by atoms with van der Waals surface area (Å²) in [4.78, 5) is 10.5. The molecule has 0 amide bonds. The Labute approximate surface area is 334 Å². The van der Waals surface area contributed by atoms with Crippen molar-refractivity contribution in [2.45, 2.75) is 0 Å². The third kappa shape index (κ3) is 5.02. The average molecular weight is 739 g/mol. The van der Waals surface area contributed by atoms with Gasteiger partial charge in [0.1, 0.15) is 0 Å². The van der Waals surface area contributed by atoms with Gasteiger partial charge in [0.25, 0.3) is 0 Å². The summed E-state index contributed by atoms with van der Waals surface area (Å²) < 4.78 is 4.87. The van der Waals surface area contributed by atoms with E-state index in [-0.39, 0.29) is 0 Å². The first-order valence-electron chi connectivity index (χ1n) is 19.7. The van der Waals surface area contributed by atoms with Gasteiger partial charge in [-0.1, -0.05) is 146 Å². The fraction of sp³-hybridized carbons (Fsp3) is 0. The zero-order valence-corrected chi connectivity index (χ0v) is 31.4. The molecule has 58 heavy (non-hydrogen) atoms. The lowest BCUT2D eigenvalue weighted by molar-refractivity contribution is 1.17. The molecule has 3 heterocycles. The second kappa shape index (κ2) is 12.9. The molecule has 12 rings (SSSR count). The van der Waals surface area contributed by atoms with Crippen molar-refractivity contribution < 1.29 is 0 Å². The SMILES string of the molecule is c1ccc(-c2cc(-c3cc(-n4c5ccccc5c5c6c7ccccc7n(-c7ccccc7)c6ccc54)c4ccccc4c3)nc(-c3ccc4ccccc4c3)n2)cc1. The zero-order valence-electron chi connectivity index (χ0n) is 31.4. The van der Waals surface area contributed by atoms with Crippen LogP contribution in [-0.4, -0.2) is 19.1 Å². The van der Waals surface area contributed by atoms with Gasteiger partial charge in [-0.3, -0.25) is 0 Å². The van der Waals surface area contributed by atoms with Crippen LogP contribution in [0.15, 0.2) is 206 Å². The lowest BCUT2D eigenvalue weighted by atomic mass is 10.0. The minimum absolute atomic E-state index is 0.700. The molecule has 0 atom stereocenters. The van der Waals surface area contributed by atoms with E-state index < -0.39 is 0 Å². The number of nitrogens with zero attached hydrogens (tertiary/aromatic N) is 4. The molecule has 12 aromatic rings. The predicted molar refractivity (Wildman–Crippen MR) is 242 cm³/mol. The molecule has 0 fully saturated rings. The molecular formula is C54H34N4. The fourth-order valence-electron chi connectivity index (χ4n) is 9.07. The molecule has 4 nitrogen and oxygen atoms in total. The van der Waals surface area contributed by atoms with Crippen molar-refractivity contribution >= 4 is 65.2 Å². The van der Waals surface area contributed by atoms with Gasteiger partial charge in [0.15, 0.2) is 5.82 Å². The summed E-state index contributed by atoms with van der Waals surface area (Å²) in [5.74, 6) is 0.700. The summed E-state index contributed by atoms with van der Waals surface area (Å²) in [5, 5.41) is 9.65. The van der Waals surface area contributed by atoms with E-state index in [1.807, 2.05) is 6.07 Å². The first kappa shape index (κ1) is 32.4. The van der Waals surface area contributed by atoms with Gasteiger partial charge in [0, 0.05) is 49.3 Å². The third-order valence-electron chi connectivity index (χ3n) is 11.7. The molecule has 0 radical (unpaired) electrons. The van der Waals surface area contributed by atoms with Crippen molar-refractivity contribution in [3.05, 3.63) is 206 Å². The van der Waals surface area contributed by atoms with E-state index in [4.69, 9.17) is 9.97 Å². The first-order valence-corrected chi connectivity index (χ1v) is 19.7. The summed E-state index contributed by atoms with van der Waals surface area (Å²) in [5.41, 5.74) is 11.8. The van der Waals surface area contributed by atoms with Crippen LogP contribution in [0.4, 0.5) is 0 Å². The van der Waals surface area contributed by atoms with Crippen LogP contribution in [-0.2, 0) is 0 Å². The van der Waals surface area contributed by atoms with Crippen molar-refractivity contribution in [1.29, 1.82) is 0 Å². The lowest BCUT2D eigenvalue weighted by Crippen LogP contribution is -1.99. The van der Waals surface area contributed by atoms with E-state index in [1.165, 1.54) is 43.4 Å². The van der Waals surface area contributed by atoms with Crippen LogP contribution < -0.4 is 0 Å². The quantitative estimate of drug-likeness (QED) is 0.176. The molecule has 0 N–H and O–H groups in total. The Hall–Kier alpha value is -7.82. The Morgan fingerprint density at radius 2 is 0.845 bits per heavy atom. The van der Waals surface area contributed by atoms with E-state index in [0.717, 1.165) is 61.3 Å².